The van der Waals surface area contributed by atoms with Crippen LogP contribution in [0.4, 0.5) is 0 Å². The SMILES string of the molecule is COCc1c(CCl)nnn1CC(C)COC. The van der Waals surface area contributed by atoms with Crippen molar-refractivity contribution < 1.29 is 9.47 Å². The Kier molecular flexibility index (Phi) is 5.73. The predicted octanol–water partition coefficient (Wildman–Crippen LogP) is 1.45. The van der Waals surface area contributed by atoms with E-state index in [0.29, 0.717) is 25.0 Å². The van der Waals surface area contributed by atoms with Crippen LogP contribution in [0.3, 0.4) is 0 Å². The smallest absolute Gasteiger partial charge is 0.103 e. The molecule has 92 valence electrons. The molecule has 0 amide bonds. The van der Waals surface area contributed by atoms with Crippen LogP contribution < -0.4 is 0 Å². The van der Waals surface area contributed by atoms with Gasteiger partial charge in [-0.3, -0.25) is 0 Å². The minimum Gasteiger partial charge on any atom is -0.384 e. The average Bonchev–Trinajstić information content (AvgIpc) is 2.62. The lowest BCUT2D eigenvalue weighted by molar-refractivity contribution is 0.143. The maximum absolute atomic E-state index is 5.78. The van der Waals surface area contributed by atoms with Gasteiger partial charge >= 0.3 is 0 Å². The zero-order valence-electron chi connectivity index (χ0n) is 9.94. The summed E-state index contributed by atoms with van der Waals surface area (Å²) in [5.41, 5.74) is 1.73. The second-order valence-electron chi connectivity index (χ2n) is 3.79. The summed E-state index contributed by atoms with van der Waals surface area (Å²) >= 11 is 5.78. The van der Waals surface area contributed by atoms with Crippen LogP contribution in [0.25, 0.3) is 0 Å². The molecule has 0 saturated heterocycles. The first kappa shape index (κ1) is 13.4. The summed E-state index contributed by atoms with van der Waals surface area (Å²) in [4.78, 5) is 0. The number of alkyl halides is 1. The minimum absolute atomic E-state index is 0.358. The van der Waals surface area contributed by atoms with Gasteiger partial charge < -0.3 is 9.47 Å². The number of methoxy groups -OCH3 is 2. The molecular formula is C10H18ClN3O2. The number of halogens is 1. The van der Waals surface area contributed by atoms with E-state index in [9.17, 15) is 0 Å². The summed E-state index contributed by atoms with van der Waals surface area (Å²) in [6.07, 6.45) is 0. The largest absolute Gasteiger partial charge is 0.384 e. The lowest BCUT2D eigenvalue weighted by Crippen LogP contribution is -2.16. The molecule has 0 radical (unpaired) electrons. The van der Waals surface area contributed by atoms with E-state index in [4.69, 9.17) is 21.1 Å². The molecule has 0 aliphatic rings. The monoisotopic (exact) mass is 247 g/mol. The van der Waals surface area contributed by atoms with Crippen molar-refractivity contribution in [2.45, 2.75) is 26.0 Å². The summed E-state index contributed by atoms with van der Waals surface area (Å²) < 4.78 is 12.0. The fraction of sp³-hybridized carbons (Fsp3) is 0.800. The van der Waals surface area contributed by atoms with Crippen LogP contribution in [-0.4, -0.2) is 35.8 Å². The predicted molar refractivity (Wildman–Crippen MR) is 61.3 cm³/mol. The third-order valence-electron chi connectivity index (χ3n) is 2.26. The first-order valence-corrected chi connectivity index (χ1v) is 5.71. The highest BCUT2D eigenvalue weighted by Gasteiger charge is 2.13. The van der Waals surface area contributed by atoms with Gasteiger partial charge in [-0.2, -0.15) is 0 Å². The molecule has 0 bridgehead atoms. The van der Waals surface area contributed by atoms with Crippen molar-refractivity contribution in [1.82, 2.24) is 15.0 Å². The number of aromatic nitrogens is 3. The standard InChI is InChI=1S/C10H18ClN3O2/c1-8(6-15-2)5-14-10(7-16-3)9(4-11)12-13-14/h8H,4-7H2,1-3H3. The summed E-state index contributed by atoms with van der Waals surface area (Å²) in [6.45, 7) is 4.04. The molecule has 1 atom stereocenters. The van der Waals surface area contributed by atoms with Crippen molar-refractivity contribution in [2.75, 3.05) is 20.8 Å². The van der Waals surface area contributed by atoms with E-state index in [1.165, 1.54) is 0 Å². The van der Waals surface area contributed by atoms with Crippen molar-refractivity contribution in [3.05, 3.63) is 11.4 Å². The fourth-order valence-corrected chi connectivity index (χ4v) is 1.75. The molecule has 0 aliphatic carbocycles. The second-order valence-corrected chi connectivity index (χ2v) is 4.06. The third-order valence-corrected chi connectivity index (χ3v) is 2.51. The number of hydrogen-bond donors (Lipinski definition) is 0. The van der Waals surface area contributed by atoms with Gasteiger partial charge in [0.05, 0.1) is 24.8 Å². The molecule has 1 rings (SSSR count). The summed E-state index contributed by atoms with van der Waals surface area (Å²) in [7, 11) is 3.34. The average molecular weight is 248 g/mol. The molecular weight excluding hydrogens is 230 g/mol. The molecule has 0 aliphatic heterocycles. The normalized spacial score (nSPS) is 13.0. The Labute approximate surface area is 101 Å². The van der Waals surface area contributed by atoms with Crippen molar-refractivity contribution in [2.24, 2.45) is 5.92 Å². The molecule has 0 fully saturated rings. The van der Waals surface area contributed by atoms with Crippen molar-refractivity contribution in [1.29, 1.82) is 0 Å². The van der Waals surface area contributed by atoms with E-state index < -0.39 is 0 Å². The number of rotatable bonds is 7. The van der Waals surface area contributed by atoms with Gasteiger partial charge in [-0.25, -0.2) is 4.68 Å². The van der Waals surface area contributed by atoms with E-state index >= 15 is 0 Å². The highest BCUT2D eigenvalue weighted by molar-refractivity contribution is 6.16. The van der Waals surface area contributed by atoms with Crippen LogP contribution in [0, 0.1) is 5.92 Å². The molecule has 0 aromatic carbocycles. The molecule has 0 saturated carbocycles. The van der Waals surface area contributed by atoms with Crippen LogP contribution in [0.5, 0.6) is 0 Å². The highest BCUT2D eigenvalue weighted by atomic mass is 35.5. The Morgan fingerprint density at radius 2 is 2.12 bits per heavy atom. The number of nitrogens with zero attached hydrogens (tertiary/aromatic N) is 3. The minimum atomic E-state index is 0.358. The van der Waals surface area contributed by atoms with Crippen molar-refractivity contribution in [3.8, 4) is 0 Å². The van der Waals surface area contributed by atoms with E-state index in [2.05, 4.69) is 17.2 Å². The molecule has 0 spiro atoms. The maximum Gasteiger partial charge on any atom is 0.103 e. The van der Waals surface area contributed by atoms with Crippen molar-refractivity contribution in [3.63, 3.8) is 0 Å². The molecule has 1 heterocycles. The van der Waals surface area contributed by atoms with Gasteiger partial charge in [0.1, 0.15) is 5.69 Å². The fourth-order valence-electron chi connectivity index (χ4n) is 1.55. The molecule has 1 aromatic heterocycles. The van der Waals surface area contributed by atoms with Gasteiger partial charge in [-0.1, -0.05) is 12.1 Å². The third kappa shape index (κ3) is 3.43. The van der Waals surface area contributed by atoms with Crippen LogP contribution >= 0.6 is 11.6 Å². The second kappa shape index (κ2) is 6.83. The Morgan fingerprint density at radius 3 is 2.69 bits per heavy atom. The first-order chi connectivity index (χ1) is 7.72. The molecule has 1 aromatic rings. The van der Waals surface area contributed by atoms with Gasteiger partial charge in [-0.05, 0) is 5.92 Å². The van der Waals surface area contributed by atoms with E-state index in [1.54, 1.807) is 14.2 Å². The number of hydrogen-bond acceptors (Lipinski definition) is 4. The van der Waals surface area contributed by atoms with E-state index in [1.807, 2.05) is 4.68 Å². The molecule has 5 nitrogen and oxygen atoms in total. The Balaban J connectivity index is 2.74. The topological polar surface area (TPSA) is 49.2 Å². The van der Waals surface area contributed by atoms with Gasteiger partial charge in [0.2, 0.25) is 0 Å². The summed E-state index contributed by atoms with van der Waals surface area (Å²) in [6, 6.07) is 0. The van der Waals surface area contributed by atoms with Crippen LogP contribution in [0.15, 0.2) is 0 Å². The van der Waals surface area contributed by atoms with Gasteiger partial charge in [0, 0.05) is 20.8 Å². The highest BCUT2D eigenvalue weighted by Crippen LogP contribution is 2.11. The van der Waals surface area contributed by atoms with E-state index in [0.717, 1.165) is 17.9 Å². The Bertz CT molecular complexity index is 317. The Morgan fingerprint density at radius 1 is 1.38 bits per heavy atom. The van der Waals surface area contributed by atoms with Crippen LogP contribution in [0.2, 0.25) is 0 Å². The van der Waals surface area contributed by atoms with Gasteiger partial charge in [0.25, 0.3) is 0 Å². The van der Waals surface area contributed by atoms with Gasteiger partial charge in [0.15, 0.2) is 0 Å². The maximum atomic E-state index is 5.78. The van der Waals surface area contributed by atoms with Crippen LogP contribution in [-0.2, 0) is 28.5 Å². The summed E-state index contributed by atoms with van der Waals surface area (Å²) in [5, 5.41) is 8.10. The van der Waals surface area contributed by atoms with Crippen molar-refractivity contribution >= 4 is 11.6 Å². The molecule has 6 heteroatoms. The molecule has 1 unspecified atom stereocenters. The molecule has 0 N–H and O–H groups in total. The lowest BCUT2D eigenvalue weighted by atomic mass is 10.2. The zero-order valence-corrected chi connectivity index (χ0v) is 10.7. The molecule has 16 heavy (non-hydrogen) atoms. The van der Waals surface area contributed by atoms with Crippen LogP contribution in [0.1, 0.15) is 18.3 Å². The summed E-state index contributed by atoms with van der Waals surface area (Å²) in [5.74, 6) is 0.739. The first-order valence-electron chi connectivity index (χ1n) is 5.18. The van der Waals surface area contributed by atoms with E-state index in [-0.39, 0.29) is 0 Å². The zero-order chi connectivity index (χ0) is 12.0. The quantitative estimate of drug-likeness (QED) is 0.685. The van der Waals surface area contributed by atoms with Gasteiger partial charge in [-0.15, -0.1) is 16.7 Å². The Hall–Kier alpha value is -0.650. The number of ether oxygens (including phenoxy) is 2. The lowest BCUT2D eigenvalue weighted by Gasteiger charge is -2.12.